The second kappa shape index (κ2) is 9.15. The lowest BCUT2D eigenvalue weighted by molar-refractivity contribution is 0.250. The van der Waals surface area contributed by atoms with Crippen LogP contribution in [0.15, 0.2) is 0 Å². The molecule has 0 aromatic carbocycles. The lowest BCUT2D eigenvalue weighted by atomic mass is 10.6. The standard InChI is InChI=1S/C3H8INOP2.C3H8/c1-2(7)5(8)3(4)6;1-3-2/h2H,7-8H2,1H3;3H2,1-2H3. The molecule has 0 radical (unpaired) electrons. The van der Waals surface area contributed by atoms with Crippen molar-refractivity contribution >= 4 is 45.1 Å². The van der Waals surface area contributed by atoms with Gasteiger partial charge in [0.15, 0.2) is 0 Å². The van der Waals surface area contributed by atoms with Crippen LogP contribution in [-0.2, 0) is 0 Å². The molecular weight excluding hydrogens is 291 g/mol. The van der Waals surface area contributed by atoms with Crippen molar-refractivity contribution in [2.24, 2.45) is 0 Å². The third kappa shape index (κ3) is 11.1. The van der Waals surface area contributed by atoms with Gasteiger partial charge in [-0.15, -0.1) is 9.24 Å². The van der Waals surface area contributed by atoms with Crippen molar-refractivity contribution in [3.05, 3.63) is 0 Å². The third-order valence-corrected chi connectivity index (χ3v) is 3.09. The maximum Gasteiger partial charge on any atom is 0.286 e. The zero-order chi connectivity index (χ0) is 9.44. The van der Waals surface area contributed by atoms with E-state index in [1.807, 2.05) is 6.92 Å². The van der Waals surface area contributed by atoms with Crippen LogP contribution in [0.25, 0.3) is 0 Å². The fourth-order valence-corrected chi connectivity index (χ4v) is 1.04. The Morgan fingerprint density at radius 2 is 1.91 bits per heavy atom. The zero-order valence-corrected chi connectivity index (χ0v) is 11.6. The van der Waals surface area contributed by atoms with Gasteiger partial charge in [0.05, 0.1) is 0 Å². The average Bonchev–Trinajstić information content (AvgIpc) is 1.87. The molecular formula is C6H16INOP2. The van der Waals surface area contributed by atoms with Crippen LogP contribution in [0.5, 0.6) is 0 Å². The smallest absolute Gasteiger partial charge is 0.286 e. The highest BCUT2D eigenvalue weighted by molar-refractivity contribution is 14.1. The molecule has 0 N–H and O–H groups in total. The van der Waals surface area contributed by atoms with Crippen molar-refractivity contribution in [1.82, 2.24) is 4.67 Å². The Labute approximate surface area is 87.5 Å². The van der Waals surface area contributed by atoms with Crippen LogP contribution in [0.3, 0.4) is 0 Å². The van der Waals surface area contributed by atoms with Gasteiger partial charge in [-0.05, 0) is 16.3 Å². The molecule has 0 aliphatic heterocycles. The molecule has 11 heavy (non-hydrogen) atoms. The van der Waals surface area contributed by atoms with Gasteiger partial charge in [0.2, 0.25) is 0 Å². The number of hydrogen-bond acceptors (Lipinski definition) is 1. The average molecular weight is 307 g/mol. The van der Waals surface area contributed by atoms with Crippen LogP contribution in [0.1, 0.15) is 27.2 Å². The minimum atomic E-state index is 0.0371. The minimum Gasteiger partial charge on any atom is -0.313 e. The molecule has 0 heterocycles. The quantitative estimate of drug-likeness (QED) is 0.315. The van der Waals surface area contributed by atoms with E-state index in [0.717, 1.165) is 0 Å². The van der Waals surface area contributed by atoms with E-state index in [4.69, 9.17) is 0 Å². The van der Waals surface area contributed by atoms with Crippen molar-refractivity contribution in [3.8, 4) is 0 Å². The summed E-state index contributed by atoms with van der Waals surface area (Å²) in [4.78, 5) is 10.5. The number of carbonyl (C=O) groups is 1. The van der Waals surface area contributed by atoms with Crippen molar-refractivity contribution in [1.29, 1.82) is 0 Å². The molecule has 68 valence electrons. The summed E-state index contributed by atoms with van der Waals surface area (Å²) in [5.41, 5.74) is 0. The zero-order valence-electron chi connectivity index (χ0n) is 7.17. The molecule has 3 unspecified atom stereocenters. The van der Waals surface area contributed by atoms with Crippen molar-refractivity contribution < 1.29 is 4.79 Å². The normalized spacial score (nSPS) is 11.1. The molecule has 0 fully saturated rings. The van der Waals surface area contributed by atoms with Crippen LogP contribution in [0.2, 0.25) is 0 Å². The van der Waals surface area contributed by atoms with E-state index in [9.17, 15) is 4.79 Å². The van der Waals surface area contributed by atoms with Crippen LogP contribution in [-0.4, -0.2) is 14.4 Å². The topological polar surface area (TPSA) is 20.3 Å². The predicted molar refractivity (Wildman–Crippen MR) is 66.1 cm³/mol. The maximum atomic E-state index is 10.5. The summed E-state index contributed by atoms with van der Waals surface area (Å²) in [5, 5.41) is 0. The largest absolute Gasteiger partial charge is 0.313 e. The number of rotatable bonds is 1. The van der Waals surface area contributed by atoms with E-state index in [-0.39, 0.29) is 9.70 Å². The predicted octanol–water partition coefficient (Wildman–Crippen LogP) is 3.27. The number of amides is 1. The first-order valence-electron chi connectivity index (χ1n) is 3.46. The number of carbonyl (C=O) groups excluding carboxylic acids is 1. The van der Waals surface area contributed by atoms with Gasteiger partial charge in [-0.1, -0.05) is 20.3 Å². The molecule has 0 spiro atoms. The Bertz CT molecular complexity index is 111. The maximum absolute atomic E-state index is 10.5. The Morgan fingerprint density at radius 3 is 1.91 bits per heavy atom. The molecule has 0 aromatic rings. The van der Waals surface area contributed by atoms with Gasteiger partial charge in [0.25, 0.3) is 3.91 Å². The molecule has 5 heteroatoms. The first-order valence-corrected chi connectivity index (χ1v) is 5.72. The van der Waals surface area contributed by atoms with Crippen molar-refractivity contribution in [3.63, 3.8) is 0 Å². The molecule has 0 aromatic heterocycles. The molecule has 3 atom stereocenters. The first kappa shape index (κ1) is 14.6. The molecule has 0 aliphatic carbocycles. The summed E-state index contributed by atoms with van der Waals surface area (Å²) in [7, 11) is 4.87. The summed E-state index contributed by atoms with van der Waals surface area (Å²) >= 11 is 1.74. The first-order chi connectivity index (χ1) is 4.97. The van der Waals surface area contributed by atoms with Gasteiger partial charge in [0, 0.05) is 28.4 Å². The van der Waals surface area contributed by atoms with E-state index in [0.29, 0.717) is 0 Å². The Morgan fingerprint density at radius 1 is 1.64 bits per heavy atom. The Balaban J connectivity index is 0. The van der Waals surface area contributed by atoms with Crippen LogP contribution >= 0.6 is 41.2 Å². The minimum absolute atomic E-state index is 0.0371. The summed E-state index contributed by atoms with van der Waals surface area (Å²) in [6.45, 7) is 6.17. The van der Waals surface area contributed by atoms with E-state index in [2.05, 4.69) is 32.5 Å². The fourth-order valence-electron chi connectivity index (χ4n) is 0.160. The molecule has 0 aliphatic rings. The van der Waals surface area contributed by atoms with E-state index in [1.165, 1.54) is 6.42 Å². The lowest BCUT2D eigenvalue weighted by Gasteiger charge is -2.16. The van der Waals surface area contributed by atoms with Gasteiger partial charge in [-0.3, -0.25) is 4.79 Å². The Kier molecular flexibility index (Phi) is 12.1. The van der Waals surface area contributed by atoms with E-state index in [1.54, 1.807) is 27.3 Å². The second-order valence-electron chi connectivity index (χ2n) is 2.11. The van der Waals surface area contributed by atoms with Crippen molar-refractivity contribution in [2.75, 3.05) is 0 Å². The Hall–Kier alpha value is 1.06. The van der Waals surface area contributed by atoms with Crippen molar-refractivity contribution in [2.45, 2.75) is 33.0 Å². The number of nitrogens with zero attached hydrogens (tertiary/aromatic N) is 1. The van der Waals surface area contributed by atoms with Gasteiger partial charge in [0.1, 0.15) is 0 Å². The summed E-state index contributed by atoms with van der Waals surface area (Å²) in [6.07, 6.45) is 1.25. The summed E-state index contributed by atoms with van der Waals surface area (Å²) < 4.78 is 1.60. The molecule has 0 rings (SSSR count). The highest BCUT2D eigenvalue weighted by atomic mass is 127. The van der Waals surface area contributed by atoms with Gasteiger partial charge in [-0.25, -0.2) is 0 Å². The second-order valence-corrected chi connectivity index (χ2v) is 4.55. The number of halogens is 1. The van der Waals surface area contributed by atoms with E-state index >= 15 is 0 Å². The van der Waals surface area contributed by atoms with Gasteiger partial charge in [-0.2, -0.15) is 0 Å². The molecule has 2 nitrogen and oxygen atoms in total. The molecule has 0 bridgehead atoms. The highest BCUT2D eigenvalue weighted by Gasteiger charge is 2.06. The highest BCUT2D eigenvalue weighted by Crippen LogP contribution is 2.15. The lowest BCUT2D eigenvalue weighted by Crippen LogP contribution is -2.18. The number of hydrogen-bond donors (Lipinski definition) is 0. The fraction of sp³-hybridized carbons (Fsp3) is 0.833. The van der Waals surface area contributed by atoms with Gasteiger partial charge >= 0.3 is 0 Å². The van der Waals surface area contributed by atoms with Crippen LogP contribution < -0.4 is 0 Å². The van der Waals surface area contributed by atoms with Crippen LogP contribution in [0.4, 0.5) is 4.79 Å². The monoisotopic (exact) mass is 307 g/mol. The third-order valence-electron chi connectivity index (χ3n) is 0.642. The SMILES string of the molecule is CC(P)N(P)C(=O)I.CCC. The van der Waals surface area contributed by atoms with Gasteiger partial charge < -0.3 is 4.67 Å². The molecule has 0 saturated heterocycles. The van der Waals surface area contributed by atoms with Crippen LogP contribution in [0, 0.1) is 0 Å². The summed E-state index contributed by atoms with van der Waals surface area (Å²) in [5.74, 6) is 0.199. The molecule has 0 saturated carbocycles. The van der Waals surface area contributed by atoms with E-state index < -0.39 is 0 Å². The molecule has 1 amide bonds. The summed E-state index contributed by atoms with van der Waals surface area (Å²) in [6, 6.07) is 0.